The molecule has 0 spiro atoms. The molecule has 0 radical (unpaired) electrons. The molecule has 0 aliphatic carbocycles. The van der Waals surface area contributed by atoms with Gasteiger partial charge in [-0.25, -0.2) is 9.59 Å². The number of fused-ring (bicyclic) bond motifs is 1. The molecule has 0 saturated heterocycles. The van der Waals surface area contributed by atoms with Gasteiger partial charge in [-0.2, -0.15) is 0 Å². The van der Waals surface area contributed by atoms with Gasteiger partial charge in [0.05, 0.1) is 22.6 Å². The van der Waals surface area contributed by atoms with Gasteiger partial charge in [-0.05, 0) is 49.2 Å². The largest absolute Gasteiger partial charge is 0.462 e. The Balaban J connectivity index is 1.71. The summed E-state index contributed by atoms with van der Waals surface area (Å²) in [5.41, 5.74) is 0.898. The molecule has 2 aromatic carbocycles. The lowest BCUT2D eigenvalue weighted by molar-refractivity contribution is -0.119. The van der Waals surface area contributed by atoms with E-state index >= 15 is 0 Å². The first-order chi connectivity index (χ1) is 14.8. The first-order valence-corrected chi connectivity index (χ1v) is 10.4. The fourth-order valence-electron chi connectivity index (χ4n) is 3.08. The van der Waals surface area contributed by atoms with E-state index in [9.17, 15) is 19.2 Å². The van der Waals surface area contributed by atoms with Crippen LogP contribution < -0.4 is 5.32 Å². The molecular formula is C23H21NO6S. The lowest BCUT2D eigenvalue weighted by Crippen LogP contribution is -2.21. The number of ketones is 1. The molecule has 3 aromatic rings. The topological polar surface area (TPSA) is 98.8 Å². The van der Waals surface area contributed by atoms with Crippen LogP contribution in [0.25, 0.3) is 10.8 Å². The summed E-state index contributed by atoms with van der Waals surface area (Å²) in [4.78, 5) is 49.2. The van der Waals surface area contributed by atoms with Crippen molar-refractivity contribution in [3.63, 3.8) is 0 Å². The summed E-state index contributed by atoms with van der Waals surface area (Å²) in [6.07, 6.45) is 0. The van der Waals surface area contributed by atoms with Crippen molar-refractivity contribution in [2.75, 3.05) is 18.5 Å². The second-order valence-electron chi connectivity index (χ2n) is 6.72. The zero-order chi connectivity index (χ0) is 22.5. The Labute approximate surface area is 183 Å². The highest BCUT2D eigenvalue weighted by molar-refractivity contribution is 7.18. The summed E-state index contributed by atoms with van der Waals surface area (Å²) >= 11 is 0.986. The third-order valence-electron chi connectivity index (χ3n) is 4.52. The van der Waals surface area contributed by atoms with Crippen LogP contribution in [0.2, 0.25) is 0 Å². The number of nitrogens with one attached hydrogen (secondary N) is 1. The number of hydrogen-bond donors (Lipinski definition) is 1. The zero-order valence-corrected chi connectivity index (χ0v) is 18.1. The molecule has 0 atom stereocenters. The van der Waals surface area contributed by atoms with Crippen LogP contribution in [-0.4, -0.2) is 36.8 Å². The van der Waals surface area contributed by atoms with Crippen LogP contribution in [0.5, 0.6) is 0 Å². The van der Waals surface area contributed by atoms with Crippen LogP contribution in [0, 0.1) is 6.92 Å². The minimum absolute atomic E-state index is 0.131. The normalized spacial score (nSPS) is 10.5. The minimum atomic E-state index is -0.640. The molecule has 7 nitrogen and oxygen atoms in total. The Bertz CT molecular complexity index is 1180. The predicted octanol–water partition coefficient (Wildman–Crippen LogP) is 4.38. The molecule has 0 unspecified atom stereocenters. The standard InChI is InChI=1S/C23H21NO6S/c1-4-29-23(28)19-13(2)20(14(3)25)31-21(19)24-18(26)12-30-22(27)17-10-9-15-7-5-6-8-16(15)11-17/h5-11H,4,12H2,1-3H3,(H,24,26). The monoisotopic (exact) mass is 439 g/mol. The summed E-state index contributed by atoms with van der Waals surface area (Å²) in [5.74, 6) is -2.13. The van der Waals surface area contributed by atoms with Gasteiger partial charge >= 0.3 is 11.9 Å². The summed E-state index contributed by atoms with van der Waals surface area (Å²) in [5, 5.41) is 4.60. The van der Waals surface area contributed by atoms with Gasteiger partial charge in [-0.1, -0.05) is 30.3 Å². The number of Topliss-reactive ketones (excluding diaryl/α,β-unsaturated/α-hetero) is 1. The Hall–Kier alpha value is -3.52. The van der Waals surface area contributed by atoms with E-state index in [0.717, 1.165) is 22.1 Å². The molecule has 3 rings (SSSR count). The molecule has 0 bridgehead atoms. The van der Waals surface area contributed by atoms with E-state index in [1.165, 1.54) is 6.92 Å². The van der Waals surface area contributed by atoms with Crippen LogP contribution in [-0.2, 0) is 14.3 Å². The number of anilines is 1. The minimum Gasteiger partial charge on any atom is -0.462 e. The van der Waals surface area contributed by atoms with Gasteiger partial charge in [0.15, 0.2) is 12.4 Å². The molecule has 8 heteroatoms. The van der Waals surface area contributed by atoms with Crippen LogP contribution in [0.1, 0.15) is 49.8 Å². The number of rotatable bonds is 7. The first-order valence-electron chi connectivity index (χ1n) is 9.59. The summed E-state index contributed by atoms with van der Waals surface area (Å²) in [6, 6.07) is 12.7. The Morgan fingerprint density at radius 1 is 0.968 bits per heavy atom. The number of carbonyl (C=O) groups is 4. The van der Waals surface area contributed by atoms with E-state index in [-0.39, 0.29) is 23.0 Å². The smallest absolute Gasteiger partial charge is 0.341 e. The van der Waals surface area contributed by atoms with Gasteiger partial charge in [0.1, 0.15) is 5.00 Å². The number of amides is 1. The second-order valence-corrected chi connectivity index (χ2v) is 7.74. The molecule has 31 heavy (non-hydrogen) atoms. The molecule has 1 aromatic heterocycles. The van der Waals surface area contributed by atoms with E-state index < -0.39 is 24.5 Å². The number of carbonyl (C=O) groups excluding carboxylic acids is 4. The van der Waals surface area contributed by atoms with Crippen molar-refractivity contribution in [1.82, 2.24) is 0 Å². The average Bonchev–Trinajstić information content (AvgIpc) is 3.07. The maximum absolute atomic E-state index is 12.4. The lowest BCUT2D eigenvalue weighted by Gasteiger charge is -2.08. The average molecular weight is 439 g/mol. The number of esters is 2. The number of thiophene rings is 1. The van der Waals surface area contributed by atoms with E-state index in [2.05, 4.69) is 5.32 Å². The van der Waals surface area contributed by atoms with Crippen LogP contribution in [0.3, 0.4) is 0 Å². The lowest BCUT2D eigenvalue weighted by atomic mass is 10.1. The Morgan fingerprint density at radius 2 is 1.68 bits per heavy atom. The molecule has 1 heterocycles. The molecule has 1 N–H and O–H groups in total. The SMILES string of the molecule is CCOC(=O)c1c(NC(=O)COC(=O)c2ccc3ccccc3c2)sc(C(C)=O)c1C. The molecule has 0 saturated carbocycles. The highest BCUT2D eigenvalue weighted by Gasteiger charge is 2.25. The molecule has 160 valence electrons. The van der Waals surface area contributed by atoms with Gasteiger partial charge in [-0.3, -0.25) is 9.59 Å². The van der Waals surface area contributed by atoms with Crippen molar-refractivity contribution in [3.8, 4) is 0 Å². The third-order valence-corrected chi connectivity index (χ3v) is 5.83. The van der Waals surface area contributed by atoms with Gasteiger partial charge in [0.25, 0.3) is 5.91 Å². The number of benzene rings is 2. The third kappa shape index (κ3) is 4.97. The van der Waals surface area contributed by atoms with Crippen LogP contribution in [0.4, 0.5) is 5.00 Å². The Kier molecular flexibility index (Phi) is 6.81. The fraction of sp³-hybridized carbons (Fsp3) is 0.217. The van der Waals surface area contributed by atoms with Crippen LogP contribution in [0.15, 0.2) is 42.5 Å². The Morgan fingerprint density at radius 3 is 2.35 bits per heavy atom. The van der Waals surface area contributed by atoms with Crippen molar-refractivity contribution in [2.45, 2.75) is 20.8 Å². The van der Waals surface area contributed by atoms with Crippen molar-refractivity contribution in [2.24, 2.45) is 0 Å². The maximum atomic E-state index is 12.4. The van der Waals surface area contributed by atoms with E-state index in [1.54, 1.807) is 32.0 Å². The van der Waals surface area contributed by atoms with Gasteiger partial charge in [0, 0.05) is 0 Å². The molecule has 1 amide bonds. The number of hydrogen-bond acceptors (Lipinski definition) is 7. The van der Waals surface area contributed by atoms with Gasteiger partial charge < -0.3 is 14.8 Å². The highest BCUT2D eigenvalue weighted by atomic mass is 32.1. The van der Waals surface area contributed by atoms with Crippen LogP contribution >= 0.6 is 11.3 Å². The molecule has 0 fully saturated rings. The van der Waals surface area contributed by atoms with E-state index in [4.69, 9.17) is 9.47 Å². The van der Waals surface area contributed by atoms with E-state index in [0.29, 0.717) is 16.0 Å². The molecule has 0 aliphatic rings. The maximum Gasteiger partial charge on any atom is 0.341 e. The van der Waals surface area contributed by atoms with Crippen molar-refractivity contribution < 1.29 is 28.7 Å². The van der Waals surface area contributed by atoms with Gasteiger partial charge in [-0.15, -0.1) is 11.3 Å². The van der Waals surface area contributed by atoms with Crippen molar-refractivity contribution in [1.29, 1.82) is 0 Å². The van der Waals surface area contributed by atoms with E-state index in [1.807, 2.05) is 24.3 Å². The predicted molar refractivity (Wildman–Crippen MR) is 118 cm³/mol. The number of ether oxygens (including phenoxy) is 2. The summed E-state index contributed by atoms with van der Waals surface area (Å²) in [7, 11) is 0. The van der Waals surface area contributed by atoms with Crippen molar-refractivity contribution in [3.05, 3.63) is 64.0 Å². The second kappa shape index (κ2) is 9.53. The fourth-order valence-corrected chi connectivity index (χ4v) is 4.19. The first kappa shape index (κ1) is 22.2. The quantitative estimate of drug-likeness (QED) is 0.433. The summed E-state index contributed by atoms with van der Waals surface area (Å²) in [6.45, 7) is 4.27. The van der Waals surface area contributed by atoms with Crippen molar-refractivity contribution >= 4 is 50.7 Å². The highest BCUT2D eigenvalue weighted by Crippen LogP contribution is 2.34. The molecular weight excluding hydrogens is 418 g/mol. The van der Waals surface area contributed by atoms with Gasteiger partial charge in [0.2, 0.25) is 0 Å². The summed E-state index contributed by atoms with van der Waals surface area (Å²) < 4.78 is 10.1. The molecule has 0 aliphatic heterocycles. The zero-order valence-electron chi connectivity index (χ0n) is 17.3.